The first-order chi connectivity index (χ1) is 42.6. The number of benzene rings is 2. The van der Waals surface area contributed by atoms with E-state index in [9.17, 15) is 24.0 Å². The molecule has 4 aliphatic rings. The van der Waals surface area contributed by atoms with Crippen LogP contribution in [0.5, 0.6) is 0 Å². The molecule has 1 aliphatic carbocycles. The number of nitrogens with one attached hydrogen (secondary N) is 1. The summed E-state index contributed by atoms with van der Waals surface area (Å²) in [4.78, 5) is 68.0. The van der Waals surface area contributed by atoms with E-state index in [0.29, 0.717) is 61.4 Å². The van der Waals surface area contributed by atoms with Gasteiger partial charge in [-0.25, -0.2) is 4.79 Å². The van der Waals surface area contributed by atoms with E-state index < -0.39 is 18.2 Å². The van der Waals surface area contributed by atoms with Crippen LogP contribution in [0.4, 0.5) is 5.69 Å². The Kier molecular flexibility index (Phi) is 41.5. The van der Waals surface area contributed by atoms with Gasteiger partial charge < -0.3 is 24.8 Å². The maximum absolute atomic E-state index is 13.6. The number of carbonyl (C=O) groups is 5. The number of rotatable bonds is 31. The van der Waals surface area contributed by atoms with Crippen molar-refractivity contribution in [2.45, 2.75) is 212 Å². The Bertz CT molecular complexity index is 2680. The van der Waals surface area contributed by atoms with Gasteiger partial charge in [0.1, 0.15) is 6.04 Å². The zero-order chi connectivity index (χ0) is 69.0. The van der Waals surface area contributed by atoms with Gasteiger partial charge in [0.15, 0.2) is 23.5 Å². The average Bonchev–Trinajstić information content (AvgIpc) is 1.30. The highest BCUT2D eigenvalue weighted by atomic mass is 16.5. The maximum atomic E-state index is 13.6. The Morgan fingerprint density at radius 2 is 1.20 bits per heavy atom. The number of para-hydroxylation sites is 1. The van der Waals surface area contributed by atoms with Crippen molar-refractivity contribution in [2.75, 3.05) is 32.1 Å². The van der Waals surface area contributed by atoms with Gasteiger partial charge in [-0.2, -0.15) is 0 Å². The molecule has 10 nitrogen and oxygen atoms in total. The third-order valence-corrected chi connectivity index (χ3v) is 16.4. The fourth-order valence-corrected chi connectivity index (χ4v) is 11.5. The van der Waals surface area contributed by atoms with Crippen LogP contribution in [-0.4, -0.2) is 96.5 Å². The topological polar surface area (TPSA) is 116 Å². The minimum absolute atomic E-state index is 0. The van der Waals surface area contributed by atoms with Crippen molar-refractivity contribution in [2.24, 2.45) is 53.3 Å². The zero-order valence-corrected chi connectivity index (χ0v) is 59.9. The van der Waals surface area contributed by atoms with E-state index in [1.54, 1.807) is 31.2 Å². The molecule has 90 heavy (non-hydrogen) atoms. The number of piperazine rings is 1. The van der Waals surface area contributed by atoms with Crippen molar-refractivity contribution in [3.05, 3.63) is 176 Å². The second kappa shape index (κ2) is 44.8. The molecule has 0 radical (unpaired) electrons. The highest BCUT2D eigenvalue weighted by molar-refractivity contribution is 5.97. The number of hydrogen-bond donors (Lipinski definition) is 1. The molecule has 10 heteroatoms. The van der Waals surface area contributed by atoms with Crippen LogP contribution in [0.2, 0.25) is 0 Å². The van der Waals surface area contributed by atoms with Crippen LogP contribution in [0.1, 0.15) is 182 Å². The van der Waals surface area contributed by atoms with Crippen molar-refractivity contribution in [1.29, 1.82) is 0 Å². The Morgan fingerprint density at radius 3 is 1.66 bits per heavy atom. The summed E-state index contributed by atoms with van der Waals surface area (Å²) in [7, 11) is 3.55. The third kappa shape index (κ3) is 30.0. The largest absolute Gasteiger partial charge is 0.452 e. The zero-order valence-electron chi connectivity index (χ0n) is 59.9. The number of ether oxygens (including phenoxy) is 1. The lowest BCUT2D eigenvalue weighted by Gasteiger charge is -2.49. The second-order valence-electron chi connectivity index (χ2n) is 26.3. The summed E-state index contributed by atoms with van der Waals surface area (Å²) in [6.07, 6.45) is 16.8. The predicted molar refractivity (Wildman–Crippen MR) is 386 cm³/mol. The van der Waals surface area contributed by atoms with E-state index in [4.69, 9.17) is 4.74 Å². The molecule has 502 valence electrons. The van der Waals surface area contributed by atoms with E-state index in [1.165, 1.54) is 60.7 Å². The molecular weight excluding hydrogens is 1110 g/mol. The summed E-state index contributed by atoms with van der Waals surface area (Å²) in [5.41, 5.74) is 15.0. The van der Waals surface area contributed by atoms with Gasteiger partial charge in [-0.15, -0.1) is 31.2 Å². The number of carbonyl (C=O) groups excluding carboxylic acids is 5. The van der Waals surface area contributed by atoms with E-state index in [0.717, 1.165) is 36.1 Å². The molecule has 1 amide bonds. The Morgan fingerprint density at radius 1 is 0.689 bits per heavy atom. The van der Waals surface area contributed by atoms with Gasteiger partial charge in [0.25, 0.3) is 0 Å². The number of amides is 1. The first-order valence-corrected chi connectivity index (χ1v) is 33.5. The Hall–Kier alpha value is -6.57. The first kappa shape index (κ1) is 83.4. The molecule has 2 aromatic carbocycles. The average molecular weight is 1240 g/mol. The summed E-state index contributed by atoms with van der Waals surface area (Å²) in [6, 6.07) is 19.3. The SMILES string of the molecule is C/C=C\C(=C1CC1)[C@H](C)Cc1ccccc1N1CC2CC(C1)N2.C=C.C=C=C(C)[C@@H](CC(=O)[C@@H](Cc1ccccc1)OC(=O)[C@H](CC(C)C)N(C)C(=C=C)C(C)C)CC(C)C.C=CC(=O)[C@@H](C)CC(C)C.C=CC(=O)[C@H](CC(C)C)N(C)C(=O)[C@@H](C)C=C.CC.[HH]. The number of allylic oxidation sites excluding steroid dienone is 7. The Labute approximate surface area is 551 Å². The second-order valence-corrected chi connectivity index (χ2v) is 26.3. The van der Waals surface area contributed by atoms with Crippen LogP contribution in [-0.2, 0) is 41.6 Å². The van der Waals surface area contributed by atoms with Gasteiger partial charge in [0.2, 0.25) is 5.91 Å². The third-order valence-electron chi connectivity index (χ3n) is 16.4. The molecule has 3 saturated heterocycles. The summed E-state index contributed by atoms with van der Waals surface area (Å²) in [5.74, 6) is 1.82. The van der Waals surface area contributed by atoms with Crippen LogP contribution in [0.25, 0.3) is 0 Å². The summed E-state index contributed by atoms with van der Waals surface area (Å²) < 4.78 is 6.06. The molecule has 1 N–H and O–H groups in total. The Balaban J connectivity index is 0. The highest BCUT2D eigenvalue weighted by Crippen LogP contribution is 2.38. The van der Waals surface area contributed by atoms with Gasteiger partial charge in [-0.3, -0.25) is 19.2 Å². The number of nitrogens with zero attached hydrogens (tertiary/aromatic N) is 3. The number of hydrogen-bond acceptors (Lipinski definition) is 9. The monoisotopic (exact) mass is 1240 g/mol. The summed E-state index contributed by atoms with van der Waals surface area (Å²) >= 11 is 0. The minimum Gasteiger partial charge on any atom is -0.452 e. The first-order valence-electron chi connectivity index (χ1n) is 33.5. The van der Waals surface area contributed by atoms with Crippen LogP contribution in [0.15, 0.2) is 165 Å². The molecule has 6 rings (SSSR count). The van der Waals surface area contributed by atoms with Crippen molar-refractivity contribution >= 4 is 34.9 Å². The molecule has 1 saturated carbocycles. The normalized spacial score (nSPS) is 16.5. The van der Waals surface area contributed by atoms with E-state index >= 15 is 0 Å². The van der Waals surface area contributed by atoms with Gasteiger partial charge in [-0.1, -0.05) is 203 Å². The molecule has 0 spiro atoms. The lowest BCUT2D eigenvalue weighted by Crippen LogP contribution is -2.67. The minimum atomic E-state index is -0.856. The van der Waals surface area contributed by atoms with Gasteiger partial charge in [0.05, 0.1) is 17.7 Å². The molecule has 0 aromatic heterocycles. The lowest BCUT2D eigenvalue weighted by molar-refractivity contribution is -0.160. The van der Waals surface area contributed by atoms with E-state index in [1.807, 2.05) is 97.7 Å². The van der Waals surface area contributed by atoms with Crippen LogP contribution < -0.4 is 10.2 Å². The highest BCUT2D eigenvalue weighted by Gasteiger charge is 2.38. The number of esters is 1. The van der Waals surface area contributed by atoms with Gasteiger partial charge >= 0.3 is 5.97 Å². The fourth-order valence-electron chi connectivity index (χ4n) is 11.5. The predicted octanol–water partition coefficient (Wildman–Crippen LogP) is 18.2. The lowest BCUT2D eigenvalue weighted by atomic mass is 9.85. The van der Waals surface area contributed by atoms with Gasteiger partial charge in [-0.05, 0) is 141 Å². The number of anilines is 1. The van der Waals surface area contributed by atoms with Crippen LogP contribution >= 0.6 is 0 Å². The van der Waals surface area contributed by atoms with E-state index in [-0.39, 0.29) is 60.2 Å². The van der Waals surface area contributed by atoms with E-state index in [2.05, 4.69) is 160 Å². The van der Waals surface area contributed by atoms with Crippen molar-refractivity contribution < 1.29 is 30.1 Å². The number of likely N-dealkylation sites (N-methyl/N-ethyl adjacent to an activating group) is 2. The molecule has 2 unspecified atom stereocenters. The fraction of sp³-hybridized carbons (Fsp3) is 0.562. The van der Waals surface area contributed by atoms with Crippen molar-refractivity contribution in [1.82, 2.24) is 15.1 Å². The molecule has 3 heterocycles. The molecular formula is C80H126N4O6. The number of piperidine rings is 1. The number of Topliss-reactive ketones (excluding diaryl/α,β-unsaturated/α-hetero) is 1. The van der Waals surface area contributed by atoms with Crippen LogP contribution in [0.3, 0.4) is 0 Å². The van der Waals surface area contributed by atoms with Crippen molar-refractivity contribution in [3.63, 3.8) is 0 Å². The number of ketones is 3. The van der Waals surface area contributed by atoms with Crippen molar-refractivity contribution in [3.8, 4) is 0 Å². The maximum Gasteiger partial charge on any atom is 0.329 e. The standard InChI is InChI=1S/C32H47NO3.C21H28N2.C14H23NO2.C9H16O.C2H6.C2H4.H2/c1-11-25(9)27(18-22(3)4)21-30(34)31(20-26-16-14-13-15-17-26)36-32(35)29(19-23(5)6)33(10)28(12-2)24(7)8;1-3-6-20(16-9-10-16)15(2)11-17-7-4-5-8-21(17)23-13-18-12-19(14-23)22-18;1-7-11(5)14(17)15(6)12(9-10(3)4)13(16)8-2;1-5-9(10)8(4)6-7(2)3;2*1-2;/h13-17,22-24,27,29,31H,1-2,18-21H2,3-10H3;3-8,15,18-19,22H,9-14H2,1-2H3;7-8,10-12H,1-2,9H2,3-6H3;5,7-8H,1,6H2,2-4H3;1-2H3;1-2H2;1H/b;6-3-;;;;;/t27-,29+,31-;15-,18?,19?;11-,12-;8-;;;/m1100.../s1. The van der Waals surface area contributed by atoms with Gasteiger partial charge in [0, 0.05) is 71.1 Å². The summed E-state index contributed by atoms with van der Waals surface area (Å²) in [6.45, 7) is 61.5. The summed E-state index contributed by atoms with van der Waals surface area (Å²) in [5, 5.41) is 3.64. The molecule has 4 fully saturated rings. The molecule has 2 aromatic rings. The molecule has 9 atom stereocenters. The molecule has 2 bridgehead atoms. The number of fused-ring (bicyclic) bond motifs is 2. The molecule has 3 aliphatic heterocycles. The van der Waals surface area contributed by atoms with Crippen LogP contribution in [0, 0.1) is 53.3 Å². The smallest absolute Gasteiger partial charge is 0.329 e. The quantitative estimate of drug-likeness (QED) is 0.0341.